The first-order valence-electron chi connectivity index (χ1n) is 10.6. The highest BCUT2D eigenvalue weighted by molar-refractivity contribution is 7.80. The van der Waals surface area contributed by atoms with Gasteiger partial charge in [0.05, 0.1) is 18.7 Å². The van der Waals surface area contributed by atoms with Gasteiger partial charge >= 0.3 is 0 Å². The topological polar surface area (TPSA) is 92.9 Å². The van der Waals surface area contributed by atoms with E-state index >= 15 is 0 Å². The highest BCUT2D eigenvalue weighted by Crippen LogP contribution is 2.39. The monoisotopic (exact) mass is 466 g/mol. The zero-order valence-corrected chi connectivity index (χ0v) is 19.6. The van der Waals surface area contributed by atoms with E-state index in [4.69, 9.17) is 26.2 Å². The van der Waals surface area contributed by atoms with Gasteiger partial charge in [-0.05, 0) is 43.3 Å². The van der Waals surface area contributed by atoms with E-state index in [2.05, 4.69) is 15.5 Å². The number of methoxy groups -OCH3 is 2. The van der Waals surface area contributed by atoms with E-state index in [1.54, 1.807) is 19.2 Å². The second kappa shape index (κ2) is 10.0. The average Bonchev–Trinajstić information content (AvgIpc) is 3.31. The second-order valence-corrected chi connectivity index (χ2v) is 7.99. The van der Waals surface area contributed by atoms with Crippen LogP contribution in [0.1, 0.15) is 30.8 Å². The summed E-state index contributed by atoms with van der Waals surface area (Å²) >= 11 is 5.68. The van der Waals surface area contributed by atoms with Crippen LogP contribution in [0.5, 0.6) is 11.5 Å². The molecular weight excluding hydrogens is 440 g/mol. The van der Waals surface area contributed by atoms with Crippen LogP contribution in [0, 0.1) is 0 Å². The SMILES string of the molecule is COCCCN1C(=S)NC(c2ccc(OC)c(O)c2)C(c2nc(-c3ccccc3)no2)=C1C. The molecule has 0 radical (unpaired) electrons. The summed E-state index contributed by atoms with van der Waals surface area (Å²) in [6.45, 7) is 3.28. The number of aromatic nitrogens is 2. The largest absolute Gasteiger partial charge is 0.504 e. The lowest BCUT2D eigenvalue weighted by Crippen LogP contribution is -2.46. The van der Waals surface area contributed by atoms with Crippen LogP contribution < -0.4 is 10.1 Å². The Bertz CT molecular complexity index is 1160. The summed E-state index contributed by atoms with van der Waals surface area (Å²) < 4.78 is 16.1. The van der Waals surface area contributed by atoms with Crippen molar-refractivity contribution >= 4 is 22.9 Å². The summed E-state index contributed by atoms with van der Waals surface area (Å²) in [5, 5.41) is 18.5. The van der Waals surface area contributed by atoms with Crippen LogP contribution in [0.3, 0.4) is 0 Å². The van der Waals surface area contributed by atoms with Gasteiger partial charge in [-0.3, -0.25) is 0 Å². The minimum atomic E-state index is -0.392. The van der Waals surface area contributed by atoms with Crippen molar-refractivity contribution in [2.45, 2.75) is 19.4 Å². The maximum Gasteiger partial charge on any atom is 0.258 e. The number of thiocarbonyl (C=S) groups is 1. The number of hydrogen-bond acceptors (Lipinski definition) is 7. The van der Waals surface area contributed by atoms with E-state index in [1.165, 1.54) is 7.11 Å². The predicted octanol–water partition coefficient (Wildman–Crippen LogP) is 4.15. The number of rotatable bonds is 8. The molecule has 0 bridgehead atoms. The molecule has 0 aliphatic carbocycles. The van der Waals surface area contributed by atoms with Crippen molar-refractivity contribution in [2.24, 2.45) is 0 Å². The Morgan fingerprint density at radius 3 is 2.67 bits per heavy atom. The van der Waals surface area contributed by atoms with Gasteiger partial charge in [0.2, 0.25) is 5.82 Å². The first kappa shape index (κ1) is 22.8. The Balaban J connectivity index is 1.78. The van der Waals surface area contributed by atoms with Crippen molar-refractivity contribution < 1.29 is 19.1 Å². The fraction of sp³-hybridized carbons (Fsp3) is 0.292. The smallest absolute Gasteiger partial charge is 0.258 e. The van der Waals surface area contributed by atoms with E-state index < -0.39 is 6.04 Å². The number of benzene rings is 2. The Morgan fingerprint density at radius 2 is 1.97 bits per heavy atom. The number of phenols is 1. The van der Waals surface area contributed by atoms with Crippen molar-refractivity contribution in [1.82, 2.24) is 20.4 Å². The lowest BCUT2D eigenvalue weighted by molar-refractivity contribution is 0.188. The molecule has 0 fully saturated rings. The molecule has 1 aliphatic rings. The molecule has 0 spiro atoms. The molecule has 172 valence electrons. The summed E-state index contributed by atoms with van der Waals surface area (Å²) in [4.78, 5) is 6.69. The minimum Gasteiger partial charge on any atom is -0.504 e. The summed E-state index contributed by atoms with van der Waals surface area (Å²) in [7, 11) is 3.19. The molecule has 33 heavy (non-hydrogen) atoms. The Kier molecular flexibility index (Phi) is 6.90. The van der Waals surface area contributed by atoms with Crippen LogP contribution in [-0.2, 0) is 4.74 Å². The molecule has 2 N–H and O–H groups in total. The molecule has 2 aromatic carbocycles. The normalized spacial score (nSPS) is 16.2. The third-order valence-electron chi connectivity index (χ3n) is 5.55. The molecule has 9 heteroatoms. The highest BCUT2D eigenvalue weighted by Gasteiger charge is 2.34. The number of phenolic OH excluding ortho intramolecular Hbond substituents is 1. The van der Waals surface area contributed by atoms with Gasteiger partial charge in [-0.2, -0.15) is 4.98 Å². The van der Waals surface area contributed by atoms with Crippen molar-refractivity contribution in [1.29, 1.82) is 0 Å². The van der Waals surface area contributed by atoms with Gasteiger partial charge in [0.15, 0.2) is 16.6 Å². The molecular formula is C24H26N4O4S. The predicted molar refractivity (Wildman–Crippen MR) is 129 cm³/mol. The fourth-order valence-corrected chi connectivity index (χ4v) is 4.21. The zero-order valence-electron chi connectivity index (χ0n) is 18.7. The second-order valence-electron chi connectivity index (χ2n) is 7.60. The number of nitrogens with zero attached hydrogens (tertiary/aromatic N) is 3. The van der Waals surface area contributed by atoms with Crippen LogP contribution in [0.25, 0.3) is 17.0 Å². The van der Waals surface area contributed by atoms with Gasteiger partial charge in [0.25, 0.3) is 5.89 Å². The molecule has 4 rings (SSSR count). The van der Waals surface area contributed by atoms with Gasteiger partial charge in [-0.15, -0.1) is 0 Å². The summed E-state index contributed by atoms with van der Waals surface area (Å²) in [5.41, 5.74) is 3.35. The molecule has 8 nitrogen and oxygen atoms in total. The van der Waals surface area contributed by atoms with Gasteiger partial charge in [-0.1, -0.05) is 41.6 Å². The van der Waals surface area contributed by atoms with E-state index in [9.17, 15) is 5.11 Å². The van der Waals surface area contributed by atoms with Crippen LogP contribution in [0.2, 0.25) is 0 Å². The number of ether oxygens (including phenoxy) is 2. The van der Waals surface area contributed by atoms with Crippen LogP contribution in [0.4, 0.5) is 0 Å². The molecule has 2 heterocycles. The number of hydrogen-bond donors (Lipinski definition) is 2. The fourth-order valence-electron chi connectivity index (χ4n) is 3.87. The minimum absolute atomic E-state index is 0.0396. The maximum absolute atomic E-state index is 10.4. The van der Waals surface area contributed by atoms with Gasteiger partial charge in [0.1, 0.15) is 0 Å². The summed E-state index contributed by atoms with van der Waals surface area (Å²) in [6.07, 6.45) is 0.802. The number of aromatic hydroxyl groups is 1. The van der Waals surface area contributed by atoms with E-state index in [0.29, 0.717) is 35.7 Å². The Hall–Kier alpha value is -3.43. The molecule has 1 aliphatic heterocycles. The van der Waals surface area contributed by atoms with Gasteiger partial charge in [-0.25, -0.2) is 0 Å². The maximum atomic E-state index is 10.4. The summed E-state index contributed by atoms with van der Waals surface area (Å²) in [6, 6.07) is 14.5. The standard InChI is InChI=1S/C24H26N4O4S/c1-15-20(23-26-22(27-32-23)16-8-5-4-6-9-16)21(17-10-11-19(31-3)18(29)14-17)25-24(33)28(15)12-7-13-30-2/h4-6,8-11,14,21,29H,7,12-13H2,1-3H3,(H,25,33). The third-order valence-corrected chi connectivity index (χ3v) is 5.89. The molecule has 3 aromatic rings. The lowest BCUT2D eigenvalue weighted by atomic mass is 9.94. The van der Waals surface area contributed by atoms with Crippen LogP contribution in [-0.4, -0.2) is 52.6 Å². The van der Waals surface area contributed by atoms with Crippen molar-refractivity contribution in [2.75, 3.05) is 27.4 Å². The molecule has 1 atom stereocenters. The van der Waals surface area contributed by atoms with Gasteiger partial charge < -0.3 is 29.3 Å². The van der Waals surface area contributed by atoms with Gasteiger partial charge in [0, 0.05) is 31.5 Å². The Labute approximate surface area is 197 Å². The first-order valence-corrected chi connectivity index (χ1v) is 11.0. The number of nitrogens with one attached hydrogen (secondary N) is 1. The number of allylic oxidation sites excluding steroid dienone is 1. The van der Waals surface area contributed by atoms with Crippen LogP contribution in [0.15, 0.2) is 58.8 Å². The van der Waals surface area contributed by atoms with Crippen molar-refractivity contribution in [3.8, 4) is 22.9 Å². The highest BCUT2D eigenvalue weighted by atomic mass is 32.1. The average molecular weight is 467 g/mol. The third kappa shape index (κ3) is 4.69. The lowest BCUT2D eigenvalue weighted by Gasteiger charge is -2.37. The summed E-state index contributed by atoms with van der Waals surface area (Å²) in [5.74, 6) is 1.32. The van der Waals surface area contributed by atoms with Crippen molar-refractivity contribution in [3.63, 3.8) is 0 Å². The molecule has 1 aromatic heterocycles. The molecule has 0 amide bonds. The molecule has 0 saturated heterocycles. The Morgan fingerprint density at radius 1 is 1.18 bits per heavy atom. The van der Waals surface area contributed by atoms with Crippen LogP contribution >= 0.6 is 12.2 Å². The molecule has 0 saturated carbocycles. The quantitative estimate of drug-likeness (QED) is 0.375. The first-order chi connectivity index (χ1) is 16.0. The van der Waals surface area contributed by atoms with E-state index in [0.717, 1.165) is 28.8 Å². The van der Waals surface area contributed by atoms with Crippen molar-refractivity contribution in [3.05, 3.63) is 65.7 Å². The zero-order chi connectivity index (χ0) is 23.4. The molecule has 1 unspecified atom stereocenters. The van der Waals surface area contributed by atoms with E-state index in [1.807, 2.05) is 48.2 Å². The van der Waals surface area contributed by atoms with E-state index in [-0.39, 0.29) is 5.75 Å².